The van der Waals surface area contributed by atoms with Gasteiger partial charge in [0, 0.05) is 32.4 Å². The number of hydrogen-bond acceptors (Lipinski definition) is 4. The van der Waals surface area contributed by atoms with Crippen LogP contribution >= 0.6 is 0 Å². The number of fused-ring (bicyclic) bond motifs is 1. The summed E-state index contributed by atoms with van der Waals surface area (Å²) >= 11 is 0. The van der Waals surface area contributed by atoms with Gasteiger partial charge in [-0.3, -0.25) is 9.88 Å². The molecule has 0 saturated heterocycles. The maximum atomic E-state index is 4.75. The molecule has 2 N–H and O–H groups in total. The third kappa shape index (κ3) is 6.78. The number of rotatable bonds is 11. The fourth-order valence-electron chi connectivity index (χ4n) is 4.77. The molecule has 4 heteroatoms. The monoisotopic (exact) mass is 454 g/mol. The molecule has 1 atom stereocenters. The zero-order valence-electron chi connectivity index (χ0n) is 20.6. The molecule has 0 spiro atoms. The van der Waals surface area contributed by atoms with E-state index in [0.717, 1.165) is 39.1 Å². The molecule has 3 aromatic rings. The van der Waals surface area contributed by atoms with Crippen LogP contribution in [0.2, 0.25) is 0 Å². The molecule has 0 aliphatic heterocycles. The van der Waals surface area contributed by atoms with Crippen LogP contribution in [0.3, 0.4) is 0 Å². The number of pyridine rings is 1. The van der Waals surface area contributed by atoms with Crippen LogP contribution in [-0.2, 0) is 26.1 Å². The van der Waals surface area contributed by atoms with Crippen LogP contribution in [0.1, 0.15) is 60.7 Å². The highest BCUT2D eigenvalue weighted by Gasteiger charge is 2.26. The van der Waals surface area contributed by atoms with Crippen LogP contribution in [-0.4, -0.2) is 23.0 Å². The summed E-state index contributed by atoms with van der Waals surface area (Å²) in [5.41, 5.74) is 8.01. The Morgan fingerprint density at radius 1 is 0.971 bits per heavy atom. The van der Waals surface area contributed by atoms with E-state index < -0.39 is 0 Å². The Morgan fingerprint density at radius 3 is 2.53 bits per heavy atom. The highest BCUT2D eigenvalue weighted by atomic mass is 15.2. The predicted octanol–water partition coefficient (Wildman–Crippen LogP) is 5.76. The van der Waals surface area contributed by atoms with Gasteiger partial charge in [0.2, 0.25) is 0 Å². The van der Waals surface area contributed by atoms with Crippen molar-refractivity contribution >= 4 is 0 Å². The minimum absolute atomic E-state index is 0.432. The van der Waals surface area contributed by atoms with Gasteiger partial charge in [0.05, 0.1) is 11.7 Å². The van der Waals surface area contributed by atoms with E-state index in [-0.39, 0.29) is 0 Å². The molecule has 1 heterocycles. The minimum atomic E-state index is 0.432. The van der Waals surface area contributed by atoms with Gasteiger partial charge in [0.25, 0.3) is 0 Å². The van der Waals surface area contributed by atoms with Crippen LogP contribution in [0.4, 0.5) is 0 Å². The first-order valence-corrected chi connectivity index (χ1v) is 12.6. The summed E-state index contributed by atoms with van der Waals surface area (Å²) in [6.45, 7) is 9.04. The molecule has 1 aliphatic rings. The van der Waals surface area contributed by atoms with Crippen molar-refractivity contribution in [1.82, 2.24) is 20.5 Å². The maximum absolute atomic E-state index is 4.75. The third-order valence-corrected chi connectivity index (χ3v) is 6.65. The molecule has 0 saturated carbocycles. The largest absolute Gasteiger partial charge is 0.387 e. The van der Waals surface area contributed by atoms with E-state index in [0.29, 0.717) is 6.04 Å². The van der Waals surface area contributed by atoms with Gasteiger partial charge in [-0.25, -0.2) is 0 Å². The summed E-state index contributed by atoms with van der Waals surface area (Å²) in [5, 5.41) is 6.96. The second-order valence-electron chi connectivity index (χ2n) is 9.30. The van der Waals surface area contributed by atoms with Crippen molar-refractivity contribution in [3.05, 3.63) is 113 Å². The first-order chi connectivity index (χ1) is 16.7. The van der Waals surface area contributed by atoms with Crippen molar-refractivity contribution in [2.45, 2.75) is 58.8 Å². The Morgan fingerprint density at radius 2 is 1.74 bits per heavy atom. The van der Waals surface area contributed by atoms with E-state index in [4.69, 9.17) is 4.98 Å². The topological polar surface area (TPSA) is 40.2 Å². The number of hydrogen-bond donors (Lipinski definition) is 2. The van der Waals surface area contributed by atoms with Gasteiger partial charge < -0.3 is 10.6 Å². The van der Waals surface area contributed by atoms with Crippen LogP contribution in [0.15, 0.2) is 84.7 Å². The average molecular weight is 455 g/mol. The molecule has 0 amide bonds. The van der Waals surface area contributed by atoms with Crippen molar-refractivity contribution in [1.29, 1.82) is 0 Å². The standard InChI is InChI=1S/C30H38N4/c1-3-34(29-13-7-11-28-12-8-18-33-30(28)29)23-27-16-14-26(15-17-27)22-32-20-24(2)19-31-21-25-9-5-4-6-10-25/h4-6,8-10,12,14-19,29,31-32H,3,7,11,13,20-23H2,1-2H3/b24-19+. The summed E-state index contributed by atoms with van der Waals surface area (Å²) in [6.07, 6.45) is 7.67. The fraction of sp³-hybridized carbons (Fsp3) is 0.367. The van der Waals surface area contributed by atoms with Gasteiger partial charge in [-0.05, 0) is 72.8 Å². The summed E-state index contributed by atoms with van der Waals surface area (Å²) in [6, 6.07) is 24.3. The quantitative estimate of drug-likeness (QED) is 0.386. The molecule has 2 aromatic carbocycles. The van der Waals surface area contributed by atoms with E-state index >= 15 is 0 Å². The molecule has 4 rings (SSSR count). The normalized spacial score (nSPS) is 15.9. The Hall–Kier alpha value is -2.95. The van der Waals surface area contributed by atoms with Gasteiger partial charge in [0.15, 0.2) is 0 Å². The lowest BCUT2D eigenvalue weighted by molar-refractivity contribution is 0.175. The second-order valence-corrected chi connectivity index (χ2v) is 9.30. The molecule has 1 aliphatic carbocycles. The van der Waals surface area contributed by atoms with Gasteiger partial charge in [-0.15, -0.1) is 0 Å². The van der Waals surface area contributed by atoms with Crippen LogP contribution < -0.4 is 10.6 Å². The molecular weight excluding hydrogens is 416 g/mol. The van der Waals surface area contributed by atoms with Crippen molar-refractivity contribution < 1.29 is 0 Å². The molecule has 1 aromatic heterocycles. The Kier molecular flexibility index (Phi) is 8.89. The van der Waals surface area contributed by atoms with Gasteiger partial charge >= 0.3 is 0 Å². The van der Waals surface area contributed by atoms with E-state index in [1.54, 1.807) is 0 Å². The van der Waals surface area contributed by atoms with E-state index in [9.17, 15) is 0 Å². The number of nitrogens with zero attached hydrogens (tertiary/aromatic N) is 2. The van der Waals surface area contributed by atoms with Crippen molar-refractivity contribution in [3.8, 4) is 0 Å². The molecule has 34 heavy (non-hydrogen) atoms. The Bertz CT molecular complexity index is 1040. The Balaban J connectivity index is 1.24. The maximum Gasteiger partial charge on any atom is 0.0607 e. The van der Waals surface area contributed by atoms with Gasteiger partial charge in [0.1, 0.15) is 0 Å². The minimum Gasteiger partial charge on any atom is -0.387 e. The first kappa shape index (κ1) is 24.2. The Labute approximate surface area is 205 Å². The SMILES string of the molecule is CCN(Cc1ccc(CNC/C(C)=C/NCc2ccccc2)cc1)C1CCCc2cccnc21. The van der Waals surface area contributed by atoms with E-state index in [1.165, 1.54) is 46.4 Å². The molecule has 4 nitrogen and oxygen atoms in total. The van der Waals surface area contributed by atoms with Gasteiger partial charge in [-0.2, -0.15) is 0 Å². The zero-order valence-corrected chi connectivity index (χ0v) is 20.6. The van der Waals surface area contributed by atoms with E-state index in [2.05, 4.69) is 96.2 Å². The first-order valence-electron chi connectivity index (χ1n) is 12.6. The van der Waals surface area contributed by atoms with Crippen LogP contribution in [0, 0.1) is 0 Å². The molecule has 178 valence electrons. The number of benzene rings is 2. The number of aryl methyl sites for hydroxylation is 1. The fourth-order valence-corrected chi connectivity index (χ4v) is 4.77. The summed E-state index contributed by atoms with van der Waals surface area (Å²) in [4.78, 5) is 7.33. The van der Waals surface area contributed by atoms with Crippen molar-refractivity contribution in [2.75, 3.05) is 13.1 Å². The molecule has 0 fully saturated rings. The third-order valence-electron chi connectivity index (χ3n) is 6.65. The van der Waals surface area contributed by atoms with Gasteiger partial charge in [-0.1, -0.05) is 67.6 Å². The van der Waals surface area contributed by atoms with Crippen LogP contribution in [0.25, 0.3) is 0 Å². The molecule has 0 bridgehead atoms. The lowest BCUT2D eigenvalue weighted by Gasteiger charge is -2.34. The summed E-state index contributed by atoms with van der Waals surface area (Å²) < 4.78 is 0. The predicted molar refractivity (Wildman–Crippen MR) is 141 cm³/mol. The molecule has 0 radical (unpaired) electrons. The second kappa shape index (κ2) is 12.5. The zero-order chi connectivity index (χ0) is 23.6. The molecule has 1 unspecified atom stereocenters. The average Bonchev–Trinajstić information content (AvgIpc) is 2.88. The highest BCUT2D eigenvalue weighted by Crippen LogP contribution is 2.33. The van der Waals surface area contributed by atoms with Crippen molar-refractivity contribution in [2.24, 2.45) is 0 Å². The molecular formula is C30H38N4. The smallest absolute Gasteiger partial charge is 0.0607 e. The highest BCUT2D eigenvalue weighted by molar-refractivity contribution is 5.27. The number of nitrogens with one attached hydrogen (secondary N) is 2. The van der Waals surface area contributed by atoms with E-state index in [1.807, 2.05) is 12.3 Å². The lowest BCUT2D eigenvalue weighted by Crippen LogP contribution is -2.31. The summed E-state index contributed by atoms with van der Waals surface area (Å²) in [5.74, 6) is 0. The number of aromatic nitrogens is 1. The summed E-state index contributed by atoms with van der Waals surface area (Å²) in [7, 11) is 0. The van der Waals surface area contributed by atoms with Crippen LogP contribution in [0.5, 0.6) is 0 Å². The lowest BCUT2D eigenvalue weighted by atomic mass is 9.90. The van der Waals surface area contributed by atoms with Crippen molar-refractivity contribution in [3.63, 3.8) is 0 Å².